The van der Waals surface area contributed by atoms with Crippen molar-refractivity contribution in [1.82, 2.24) is 5.32 Å². The molecule has 2 rings (SSSR count). The monoisotopic (exact) mass is 362 g/mol. The number of carbonyl (C=O) groups is 3. The van der Waals surface area contributed by atoms with Crippen LogP contribution in [0.3, 0.4) is 0 Å². The molecule has 1 saturated carbocycles. The van der Waals surface area contributed by atoms with E-state index in [1.807, 2.05) is 13.8 Å². The number of hydrogen-bond acceptors (Lipinski definition) is 4. The Labute approximate surface area is 153 Å². The highest BCUT2D eigenvalue weighted by Crippen LogP contribution is 2.30. The minimum absolute atomic E-state index is 0.00117. The molecule has 0 bridgehead atoms. The molecule has 2 amide bonds. The van der Waals surface area contributed by atoms with Gasteiger partial charge < -0.3 is 20.5 Å². The normalized spacial score (nSPS) is 15.8. The first-order valence-electron chi connectivity index (χ1n) is 8.76. The van der Waals surface area contributed by atoms with Gasteiger partial charge in [-0.2, -0.15) is 0 Å². The third-order valence-electron chi connectivity index (χ3n) is 4.64. The maximum Gasteiger partial charge on any atom is 0.305 e. The molecule has 1 atom stereocenters. The molecule has 0 saturated heterocycles. The number of carboxylic acid groups (broad SMARTS) is 1. The molecule has 0 aromatic heterocycles. The SMILES string of the molecule is CC(C)C(C)(CC(=O)O)NC(=O)COc1cccc(NC(=O)C2CC2)c1. The number of carboxylic acids is 1. The third kappa shape index (κ3) is 5.75. The number of carbonyl (C=O) groups excluding carboxylic acids is 2. The summed E-state index contributed by atoms with van der Waals surface area (Å²) in [4.78, 5) is 35.0. The number of benzene rings is 1. The molecule has 0 spiro atoms. The second-order valence-corrected chi connectivity index (χ2v) is 7.27. The Morgan fingerprint density at radius 1 is 1.31 bits per heavy atom. The van der Waals surface area contributed by atoms with Crippen molar-refractivity contribution in [2.75, 3.05) is 11.9 Å². The van der Waals surface area contributed by atoms with Gasteiger partial charge in [0, 0.05) is 17.7 Å². The van der Waals surface area contributed by atoms with Gasteiger partial charge in [-0.15, -0.1) is 0 Å². The lowest BCUT2D eigenvalue weighted by Crippen LogP contribution is -2.52. The summed E-state index contributed by atoms with van der Waals surface area (Å²) in [6.07, 6.45) is 1.68. The minimum atomic E-state index is -0.971. The van der Waals surface area contributed by atoms with Crippen molar-refractivity contribution < 1.29 is 24.2 Å². The molecule has 0 heterocycles. The fourth-order valence-electron chi connectivity index (χ4n) is 2.46. The average molecular weight is 362 g/mol. The standard InChI is InChI=1S/C19H26N2O5/c1-12(2)19(3,10-17(23)24)21-16(22)11-26-15-6-4-5-14(9-15)20-18(25)13-7-8-13/h4-6,9,12-13H,7-8,10-11H2,1-3H3,(H,20,25)(H,21,22)(H,23,24). The van der Waals surface area contributed by atoms with Gasteiger partial charge >= 0.3 is 5.97 Å². The first kappa shape index (κ1) is 19.8. The average Bonchev–Trinajstić information content (AvgIpc) is 3.37. The summed E-state index contributed by atoms with van der Waals surface area (Å²) in [6.45, 7) is 5.19. The summed E-state index contributed by atoms with van der Waals surface area (Å²) in [5.41, 5.74) is -0.232. The number of anilines is 1. The van der Waals surface area contributed by atoms with Crippen molar-refractivity contribution in [2.45, 2.75) is 45.6 Å². The maximum absolute atomic E-state index is 12.2. The van der Waals surface area contributed by atoms with Crippen LogP contribution in [0.4, 0.5) is 5.69 Å². The Hall–Kier alpha value is -2.57. The van der Waals surface area contributed by atoms with Crippen LogP contribution in [-0.2, 0) is 14.4 Å². The van der Waals surface area contributed by atoms with Crippen LogP contribution in [0, 0.1) is 11.8 Å². The number of amides is 2. The van der Waals surface area contributed by atoms with Crippen LogP contribution >= 0.6 is 0 Å². The molecule has 7 nitrogen and oxygen atoms in total. The summed E-state index contributed by atoms with van der Waals surface area (Å²) < 4.78 is 5.49. The predicted molar refractivity (Wildman–Crippen MR) is 96.9 cm³/mol. The molecule has 0 radical (unpaired) electrons. The van der Waals surface area contributed by atoms with E-state index in [1.165, 1.54) is 0 Å². The zero-order chi connectivity index (χ0) is 19.3. The fourth-order valence-corrected chi connectivity index (χ4v) is 2.46. The first-order valence-corrected chi connectivity index (χ1v) is 8.76. The second kappa shape index (κ2) is 8.21. The predicted octanol–water partition coefficient (Wildman–Crippen LogP) is 2.42. The Balaban J connectivity index is 1.89. The maximum atomic E-state index is 12.2. The number of aliphatic carboxylic acids is 1. The van der Waals surface area contributed by atoms with E-state index < -0.39 is 17.4 Å². The van der Waals surface area contributed by atoms with E-state index in [4.69, 9.17) is 9.84 Å². The largest absolute Gasteiger partial charge is 0.484 e. The van der Waals surface area contributed by atoms with Gasteiger partial charge in [-0.05, 0) is 37.8 Å². The van der Waals surface area contributed by atoms with Crippen molar-refractivity contribution >= 4 is 23.5 Å². The van der Waals surface area contributed by atoms with Crippen LogP contribution in [-0.4, -0.2) is 35.0 Å². The molecule has 26 heavy (non-hydrogen) atoms. The molecule has 1 aliphatic carbocycles. The van der Waals surface area contributed by atoms with Gasteiger partial charge in [0.15, 0.2) is 6.61 Å². The van der Waals surface area contributed by atoms with Crippen molar-refractivity contribution in [3.8, 4) is 5.75 Å². The van der Waals surface area contributed by atoms with Crippen molar-refractivity contribution in [3.63, 3.8) is 0 Å². The van der Waals surface area contributed by atoms with Gasteiger partial charge in [-0.25, -0.2) is 0 Å². The van der Waals surface area contributed by atoms with Crippen LogP contribution < -0.4 is 15.4 Å². The highest BCUT2D eigenvalue weighted by Gasteiger charge is 2.33. The van der Waals surface area contributed by atoms with E-state index >= 15 is 0 Å². The fraction of sp³-hybridized carbons (Fsp3) is 0.526. The van der Waals surface area contributed by atoms with Crippen LogP contribution in [0.2, 0.25) is 0 Å². The third-order valence-corrected chi connectivity index (χ3v) is 4.64. The molecule has 1 aromatic rings. The van der Waals surface area contributed by atoms with Crippen LogP contribution in [0.1, 0.15) is 40.0 Å². The second-order valence-electron chi connectivity index (χ2n) is 7.27. The number of ether oxygens (including phenoxy) is 1. The van der Waals surface area contributed by atoms with Crippen LogP contribution in [0.5, 0.6) is 5.75 Å². The highest BCUT2D eigenvalue weighted by atomic mass is 16.5. The first-order chi connectivity index (χ1) is 12.2. The van der Waals surface area contributed by atoms with Crippen LogP contribution in [0.25, 0.3) is 0 Å². The lowest BCUT2D eigenvalue weighted by atomic mass is 9.85. The summed E-state index contributed by atoms with van der Waals surface area (Å²) in [5.74, 6) is -0.854. The highest BCUT2D eigenvalue weighted by molar-refractivity contribution is 5.94. The summed E-state index contributed by atoms with van der Waals surface area (Å²) in [5, 5.41) is 14.6. The molecular formula is C19H26N2O5. The van der Waals surface area contributed by atoms with E-state index in [0.717, 1.165) is 12.8 Å². The molecule has 1 aromatic carbocycles. The Bertz CT molecular complexity index is 684. The van der Waals surface area contributed by atoms with Crippen molar-refractivity contribution in [1.29, 1.82) is 0 Å². The zero-order valence-corrected chi connectivity index (χ0v) is 15.4. The number of nitrogens with one attached hydrogen (secondary N) is 2. The lowest BCUT2D eigenvalue weighted by molar-refractivity contribution is -0.139. The summed E-state index contributed by atoms with van der Waals surface area (Å²) in [6, 6.07) is 6.85. The van der Waals surface area contributed by atoms with Gasteiger partial charge in [0.05, 0.1) is 12.0 Å². The van der Waals surface area contributed by atoms with Crippen molar-refractivity contribution in [2.24, 2.45) is 11.8 Å². The molecule has 3 N–H and O–H groups in total. The molecule has 7 heteroatoms. The van der Waals surface area contributed by atoms with E-state index in [9.17, 15) is 14.4 Å². The smallest absolute Gasteiger partial charge is 0.305 e. The topological polar surface area (TPSA) is 105 Å². The molecule has 0 aliphatic heterocycles. The summed E-state index contributed by atoms with van der Waals surface area (Å²) in [7, 11) is 0. The number of rotatable bonds is 9. The molecule has 1 aliphatic rings. The Morgan fingerprint density at radius 3 is 2.58 bits per heavy atom. The molecule has 142 valence electrons. The van der Waals surface area contributed by atoms with Crippen molar-refractivity contribution in [3.05, 3.63) is 24.3 Å². The van der Waals surface area contributed by atoms with Gasteiger partial charge in [0.1, 0.15) is 5.75 Å². The molecule has 1 fully saturated rings. The van der Waals surface area contributed by atoms with Gasteiger partial charge in [0.2, 0.25) is 5.91 Å². The lowest BCUT2D eigenvalue weighted by Gasteiger charge is -2.33. The minimum Gasteiger partial charge on any atom is -0.484 e. The molecule has 1 unspecified atom stereocenters. The quantitative estimate of drug-likeness (QED) is 0.626. The van der Waals surface area contributed by atoms with Gasteiger partial charge in [0.25, 0.3) is 5.91 Å². The number of hydrogen-bond donors (Lipinski definition) is 3. The zero-order valence-electron chi connectivity index (χ0n) is 15.4. The van der Waals surface area contributed by atoms with Gasteiger partial charge in [-0.3, -0.25) is 14.4 Å². The van der Waals surface area contributed by atoms with E-state index in [2.05, 4.69) is 10.6 Å². The molecular weight excluding hydrogens is 336 g/mol. The van der Waals surface area contributed by atoms with E-state index in [0.29, 0.717) is 11.4 Å². The summed E-state index contributed by atoms with van der Waals surface area (Å²) >= 11 is 0. The Morgan fingerprint density at radius 2 is 2.00 bits per heavy atom. The van der Waals surface area contributed by atoms with E-state index in [-0.39, 0.29) is 30.8 Å². The van der Waals surface area contributed by atoms with E-state index in [1.54, 1.807) is 31.2 Å². The Kier molecular flexibility index (Phi) is 6.23. The van der Waals surface area contributed by atoms with Gasteiger partial charge in [-0.1, -0.05) is 19.9 Å². The van der Waals surface area contributed by atoms with Crippen LogP contribution in [0.15, 0.2) is 24.3 Å².